The molecule has 1 saturated carbocycles. The third-order valence-electron chi connectivity index (χ3n) is 4.97. The number of rotatable bonds is 3. The van der Waals surface area contributed by atoms with Crippen LogP contribution in [0.4, 0.5) is 10.5 Å². The summed E-state index contributed by atoms with van der Waals surface area (Å²) in [6.45, 7) is 0.661. The van der Waals surface area contributed by atoms with Gasteiger partial charge in [0, 0.05) is 25.3 Å². The van der Waals surface area contributed by atoms with Crippen molar-refractivity contribution in [2.75, 3.05) is 18.5 Å². The third kappa shape index (κ3) is 3.49. The van der Waals surface area contributed by atoms with Gasteiger partial charge in [0.25, 0.3) is 0 Å². The summed E-state index contributed by atoms with van der Waals surface area (Å²) in [4.78, 5) is 28.4. The molecule has 1 aliphatic carbocycles. The number of nitrogens with one attached hydrogen (secondary N) is 1. The summed E-state index contributed by atoms with van der Waals surface area (Å²) in [6, 6.07) is 9.44. The van der Waals surface area contributed by atoms with Crippen molar-refractivity contribution in [1.29, 1.82) is 0 Å². The van der Waals surface area contributed by atoms with Gasteiger partial charge in [-0.05, 0) is 31.4 Å². The Balaban J connectivity index is 1.60. The summed E-state index contributed by atoms with van der Waals surface area (Å²) in [7, 11) is 1.73. The topological polar surface area (TPSA) is 52.7 Å². The molecule has 2 fully saturated rings. The van der Waals surface area contributed by atoms with Gasteiger partial charge < -0.3 is 15.1 Å². The summed E-state index contributed by atoms with van der Waals surface area (Å²) in [5.41, 5.74) is 0.904. The number of urea groups is 1. The monoisotopic (exact) mass is 315 g/mol. The van der Waals surface area contributed by atoms with Crippen LogP contribution in [-0.2, 0) is 4.79 Å². The molecule has 1 heterocycles. The molecule has 1 aromatic rings. The van der Waals surface area contributed by atoms with Crippen molar-refractivity contribution >= 4 is 17.6 Å². The summed E-state index contributed by atoms with van der Waals surface area (Å²) < 4.78 is 0. The first kappa shape index (κ1) is 15.8. The second-order valence-corrected chi connectivity index (χ2v) is 6.53. The molecule has 124 valence electrons. The highest BCUT2D eigenvalue weighted by atomic mass is 16.2. The Hall–Kier alpha value is -2.04. The zero-order chi connectivity index (χ0) is 16.2. The minimum absolute atomic E-state index is 0.0116. The Morgan fingerprint density at radius 1 is 1.13 bits per heavy atom. The summed E-state index contributed by atoms with van der Waals surface area (Å²) >= 11 is 0. The van der Waals surface area contributed by atoms with Crippen LogP contribution >= 0.6 is 0 Å². The van der Waals surface area contributed by atoms with Gasteiger partial charge in [0.1, 0.15) is 6.04 Å². The summed E-state index contributed by atoms with van der Waals surface area (Å²) in [5.74, 6) is 0.0116. The Bertz CT molecular complexity index is 555. The molecule has 3 amide bonds. The number of anilines is 1. The van der Waals surface area contributed by atoms with E-state index in [0.29, 0.717) is 13.0 Å². The highest BCUT2D eigenvalue weighted by Gasteiger charge is 2.37. The number of likely N-dealkylation sites (N-methyl/N-ethyl adjacent to an activating group) is 1. The number of para-hydroxylation sites is 1. The van der Waals surface area contributed by atoms with E-state index in [9.17, 15) is 9.59 Å². The van der Waals surface area contributed by atoms with Gasteiger partial charge in [0.05, 0.1) is 0 Å². The van der Waals surface area contributed by atoms with Gasteiger partial charge in [-0.1, -0.05) is 37.5 Å². The van der Waals surface area contributed by atoms with Crippen molar-refractivity contribution in [2.45, 2.75) is 50.6 Å². The number of nitrogens with zero attached hydrogens (tertiary/aromatic N) is 2. The summed E-state index contributed by atoms with van der Waals surface area (Å²) in [6.07, 6.45) is 6.40. The number of amides is 3. The lowest BCUT2D eigenvalue weighted by Gasteiger charge is -2.28. The van der Waals surface area contributed by atoms with Crippen molar-refractivity contribution in [1.82, 2.24) is 10.2 Å². The van der Waals surface area contributed by atoms with E-state index in [0.717, 1.165) is 18.5 Å². The van der Waals surface area contributed by atoms with Crippen LogP contribution in [0.5, 0.6) is 0 Å². The van der Waals surface area contributed by atoms with E-state index in [2.05, 4.69) is 5.32 Å². The quantitative estimate of drug-likeness (QED) is 0.932. The van der Waals surface area contributed by atoms with Crippen molar-refractivity contribution < 1.29 is 9.59 Å². The van der Waals surface area contributed by atoms with Crippen LogP contribution in [0.25, 0.3) is 0 Å². The highest BCUT2D eigenvalue weighted by molar-refractivity contribution is 6.01. The molecule has 0 spiro atoms. The van der Waals surface area contributed by atoms with Crippen LogP contribution in [0.2, 0.25) is 0 Å². The van der Waals surface area contributed by atoms with Crippen molar-refractivity contribution in [3.05, 3.63) is 30.3 Å². The molecule has 1 aliphatic heterocycles. The highest BCUT2D eigenvalue weighted by Crippen LogP contribution is 2.24. The van der Waals surface area contributed by atoms with Gasteiger partial charge in [0.2, 0.25) is 5.91 Å². The normalized spacial score (nSPS) is 22.2. The molecule has 1 atom stereocenters. The van der Waals surface area contributed by atoms with E-state index in [1.54, 1.807) is 16.8 Å². The number of hydrogen-bond acceptors (Lipinski definition) is 2. The first-order valence-electron chi connectivity index (χ1n) is 8.56. The number of carbonyl (C=O) groups excluding carboxylic acids is 2. The molecule has 0 bridgehead atoms. The molecule has 0 aromatic heterocycles. The zero-order valence-corrected chi connectivity index (χ0v) is 13.7. The molecule has 5 nitrogen and oxygen atoms in total. The SMILES string of the molecule is CN(C(=O)NC1CCCCC1)[C@H]1CCN(c2ccccc2)C1=O. The van der Waals surface area contributed by atoms with Crippen LogP contribution in [0.1, 0.15) is 38.5 Å². The van der Waals surface area contributed by atoms with Gasteiger partial charge in [-0.15, -0.1) is 0 Å². The fourth-order valence-electron chi connectivity index (χ4n) is 3.55. The lowest BCUT2D eigenvalue weighted by atomic mass is 9.96. The number of hydrogen-bond donors (Lipinski definition) is 1. The van der Waals surface area contributed by atoms with Crippen LogP contribution in [0.15, 0.2) is 30.3 Å². The molecular weight excluding hydrogens is 290 g/mol. The van der Waals surface area contributed by atoms with Gasteiger partial charge in [0.15, 0.2) is 0 Å². The van der Waals surface area contributed by atoms with Gasteiger partial charge in [-0.3, -0.25) is 4.79 Å². The van der Waals surface area contributed by atoms with Gasteiger partial charge in [-0.2, -0.15) is 0 Å². The molecule has 1 saturated heterocycles. The molecule has 1 N–H and O–H groups in total. The first-order chi connectivity index (χ1) is 11.2. The van der Waals surface area contributed by atoms with Crippen LogP contribution in [0.3, 0.4) is 0 Å². The van der Waals surface area contributed by atoms with E-state index in [1.807, 2.05) is 30.3 Å². The fourth-order valence-corrected chi connectivity index (χ4v) is 3.55. The van der Waals surface area contributed by atoms with Crippen molar-refractivity contribution in [2.24, 2.45) is 0 Å². The van der Waals surface area contributed by atoms with Crippen LogP contribution < -0.4 is 10.2 Å². The molecular formula is C18H25N3O2. The predicted octanol–water partition coefficient (Wildman–Crippen LogP) is 2.77. The second-order valence-electron chi connectivity index (χ2n) is 6.53. The maximum atomic E-state index is 12.6. The number of benzene rings is 1. The van der Waals surface area contributed by atoms with E-state index >= 15 is 0 Å². The maximum Gasteiger partial charge on any atom is 0.318 e. The second kappa shape index (κ2) is 7.02. The smallest absolute Gasteiger partial charge is 0.318 e. The Morgan fingerprint density at radius 2 is 1.83 bits per heavy atom. The number of carbonyl (C=O) groups is 2. The lowest BCUT2D eigenvalue weighted by molar-refractivity contribution is -0.120. The first-order valence-corrected chi connectivity index (χ1v) is 8.56. The van der Waals surface area contributed by atoms with Crippen LogP contribution in [0, 0.1) is 0 Å². The predicted molar refractivity (Wildman–Crippen MR) is 90.4 cm³/mol. The lowest BCUT2D eigenvalue weighted by Crippen LogP contribution is -2.50. The Kier molecular flexibility index (Phi) is 4.84. The largest absolute Gasteiger partial charge is 0.335 e. The van der Waals surface area contributed by atoms with Crippen molar-refractivity contribution in [3.8, 4) is 0 Å². The standard InChI is InChI=1S/C18H25N3O2/c1-20(18(23)19-14-8-4-2-5-9-14)16-12-13-21(17(16)22)15-10-6-3-7-11-15/h3,6-7,10-11,14,16H,2,4-5,8-9,12-13H2,1H3,(H,19,23)/t16-/m0/s1. The van der Waals surface area contributed by atoms with Gasteiger partial charge >= 0.3 is 6.03 Å². The van der Waals surface area contributed by atoms with Crippen LogP contribution in [-0.4, -0.2) is 42.5 Å². The Morgan fingerprint density at radius 3 is 2.52 bits per heavy atom. The minimum atomic E-state index is -0.362. The van der Waals surface area contributed by atoms with Crippen molar-refractivity contribution in [3.63, 3.8) is 0 Å². The zero-order valence-electron chi connectivity index (χ0n) is 13.7. The summed E-state index contributed by atoms with van der Waals surface area (Å²) in [5, 5.41) is 3.09. The minimum Gasteiger partial charge on any atom is -0.335 e. The van der Waals surface area contributed by atoms with E-state index in [1.165, 1.54) is 19.3 Å². The maximum absolute atomic E-state index is 12.6. The van der Waals surface area contributed by atoms with E-state index in [4.69, 9.17) is 0 Å². The molecule has 5 heteroatoms. The Labute approximate surface area is 137 Å². The fraction of sp³-hybridized carbons (Fsp3) is 0.556. The molecule has 23 heavy (non-hydrogen) atoms. The van der Waals surface area contributed by atoms with Gasteiger partial charge in [-0.25, -0.2) is 4.79 Å². The molecule has 2 aliphatic rings. The molecule has 1 aromatic carbocycles. The third-order valence-corrected chi connectivity index (χ3v) is 4.97. The molecule has 0 radical (unpaired) electrons. The van der Waals surface area contributed by atoms with E-state index in [-0.39, 0.29) is 24.0 Å². The average molecular weight is 315 g/mol. The molecule has 0 unspecified atom stereocenters. The van der Waals surface area contributed by atoms with E-state index < -0.39 is 0 Å². The average Bonchev–Trinajstić information content (AvgIpc) is 2.97. The molecule has 3 rings (SSSR count).